The minimum Gasteiger partial charge on any atom is -0.368 e. The van der Waals surface area contributed by atoms with Crippen LogP contribution >= 0.6 is 27.7 Å². The molecular formula is C16H16BrN5S. The normalized spacial score (nSPS) is 15.7. The Kier molecular flexibility index (Phi) is 3.77. The lowest BCUT2D eigenvalue weighted by atomic mass is 10.3. The molecule has 1 aliphatic rings. The highest BCUT2D eigenvalue weighted by Gasteiger charge is 2.43. The molecule has 0 spiro atoms. The number of benzene rings is 1. The number of rotatable bonds is 5. The van der Waals surface area contributed by atoms with Crippen LogP contribution in [0.4, 0.5) is 5.82 Å². The van der Waals surface area contributed by atoms with E-state index in [2.05, 4.69) is 66.6 Å². The molecule has 1 fully saturated rings. The third-order valence-electron chi connectivity index (χ3n) is 4.04. The van der Waals surface area contributed by atoms with Gasteiger partial charge in [-0.05, 0) is 40.9 Å². The fourth-order valence-electron chi connectivity index (χ4n) is 2.61. The second kappa shape index (κ2) is 5.79. The van der Waals surface area contributed by atoms with Crippen molar-refractivity contribution in [2.45, 2.75) is 22.5 Å². The molecule has 3 aromatic rings. The van der Waals surface area contributed by atoms with Crippen molar-refractivity contribution in [2.75, 3.05) is 11.9 Å². The van der Waals surface area contributed by atoms with Crippen LogP contribution in [0.3, 0.4) is 0 Å². The molecule has 118 valence electrons. The summed E-state index contributed by atoms with van der Waals surface area (Å²) in [4.78, 5) is 10.0. The number of aromatic nitrogens is 4. The average molecular weight is 390 g/mol. The summed E-state index contributed by atoms with van der Waals surface area (Å²) < 4.78 is 2.81. The molecule has 0 unspecified atom stereocenters. The molecular weight excluding hydrogens is 374 g/mol. The topological polar surface area (TPSA) is 55.6 Å². The predicted octanol–water partition coefficient (Wildman–Crippen LogP) is 3.86. The summed E-state index contributed by atoms with van der Waals surface area (Å²) in [6, 6.07) is 10.6. The molecule has 0 amide bonds. The lowest BCUT2D eigenvalue weighted by Gasteiger charge is -2.16. The SMILES string of the molecule is Cn1nc(Br)c2c(NCC3(Sc4ccccc4)CC3)ncnc21. The van der Waals surface area contributed by atoms with Crippen LogP contribution in [0.5, 0.6) is 0 Å². The first kappa shape index (κ1) is 15.0. The molecule has 1 saturated carbocycles. The summed E-state index contributed by atoms with van der Waals surface area (Å²) in [5.41, 5.74) is 0.829. The van der Waals surface area contributed by atoms with Crippen LogP contribution in [-0.4, -0.2) is 31.0 Å². The molecule has 0 aliphatic heterocycles. The van der Waals surface area contributed by atoms with Crippen molar-refractivity contribution in [3.8, 4) is 0 Å². The molecule has 2 heterocycles. The van der Waals surface area contributed by atoms with Crippen molar-refractivity contribution >= 4 is 44.5 Å². The third-order valence-corrected chi connectivity index (χ3v) is 6.09. The Labute approximate surface area is 147 Å². The van der Waals surface area contributed by atoms with Crippen LogP contribution in [0.1, 0.15) is 12.8 Å². The van der Waals surface area contributed by atoms with Gasteiger partial charge in [-0.1, -0.05) is 18.2 Å². The van der Waals surface area contributed by atoms with E-state index in [1.165, 1.54) is 17.7 Å². The Balaban J connectivity index is 1.53. The standard InChI is InChI=1S/C16H16BrN5S/c1-22-15-12(13(17)21-22)14(19-10-20-15)18-9-16(7-8-16)23-11-5-3-2-4-6-11/h2-6,10H,7-9H2,1H3,(H,18,19,20). The number of nitrogens with zero attached hydrogens (tertiary/aromatic N) is 4. The summed E-state index contributed by atoms with van der Waals surface area (Å²) in [6.45, 7) is 0.889. The lowest BCUT2D eigenvalue weighted by Crippen LogP contribution is -2.18. The molecule has 0 radical (unpaired) electrons. The maximum Gasteiger partial charge on any atom is 0.164 e. The van der Waals surface area contributed by atoms with Gasteiger partial charge in [-0.25, -0.2) is 14.6 Å². The van der Waals surface area contributed by atoms with Gasteiger partial charge in [0.25, 0.3) is 0 Å². The summed E-state index contributed by atoms with van der Waals surface area (Å²) >= 11 is 5.45. The molecule has 23 heavy (non-hydrogen) atoms. The van der Waals surface area contributed by atoms with E-state index in [1.54, 1.807) is 11.0 Å². The van der Waals surface area contributed by atoms with E-state index in [4.69, 9.17) is 0 Å². The van der Waals surface area contributed by atoms with E-state index in [1.807, 2.05) is 18.8 Å². The second-order valence-electron chi connectivity index (χ2n) is 5.79. The second-order valence-corrected chi connectivity index (χ2v) is 8.08. The Hall–Kier alpha value is -1.60. The molecule has 1 N–H and O–H groups in total. The van der Waals surface area contributed by atoms with Crippen LogP contribution < -0.4 is 5.32 Å². The molecule has 4 rings (SSSR count). The third kappa shape index (κ3) is 2.95. The number of fused-ring (bicyclic) bond motifs is 1. The smallest absolute Gasteiger partial charge is 0.164 e. The van der Waals surface area contributed by atoms with Gasteiger partial charge in [-0.2, -0.15) is 5.10 Å². The molecule has 1 aromatic carbocycles. The number of hydrogen-bond donors (Lipinski definition) is 1. The zero-order valence-corrected chi connectivity index (χ0v) is 15.1. The fourth-order valence-corrected chi connectivity index (χ4v) is 4.46. The number of aryl methyl sites for hydroxylation is 1. The van der Waals surface area contributed by atoms with Crippen molar-refractivity contribution in [2.24, 2.45) is 7.05 Å². The zero-order valence-electron chi connectivity index (χ0n) is 12.7. The van der Waals surface area contributed by atoms with Gasteiger partial charge < -0.3 is 5.32 Å². The van der Waals surface area contributed by atoms with E-state index < -0.39 is 0 Å². The van der Waals surface area contributed by atoms with Crippen molar-refractivity contribution in [3.05, 3.63) is 41.3 Å². The first-order chi connectivity index (χ1) is 11.2. The maximum atomic E-state index is 4.40. The lowest BCUT2D eigenvalue weighted by molar-refractivity contribution is 0.777. The molecule has 0 bridgehead atoms. The number of anilines is 1. The Morgan fingerprint density at radius 1 is 1.26 bits per heavy atom. The predicted molar refractivity (Wildman–Crippen MR) is 96.8 cm³/mol. The summed E-state index contributed by atoms with van der Waals surface area (Å²) in [5, 5.41) is 8.81. The summed E-state index contributed by atoms with van der Waals surface area (Å²) in [6.07, 6.45) is 4.03. The molecule has 0 saturated heterocycles. The van der Waals surface area contributed by atoms with Crippen LogP contribution in [0.2, 0.25) is 0 Å². The van der Waals surface area contributed by atoms with Gasteiger partial charge in [-0.3, -0.25) is 0 Å². The number of nitrogens with one attached hydrogen (secondary N) is 1. The largest absolute Gasteiger partial charge is 0.368 e. The van der Waals surface area contributed by atoms with Crippen molar-refractivity contribution in [1.29, 1.82) is 0 Å². The fraction of sp³-hybridized carbons (Fsp3) is 0.312. The number of hydrogen-bond acceptors (Lipinski definition) is 5. The van der Waals surface area contributed by atoms with Gasteiger partial charge in [0, 0.05) is 23.2 Å². The van der Waals surface area contributed by atoms with E-state index in [-0.39, 0.29) is 4.75 Å². The van der Waals surface area contributed by atoms with E-state index in [0.717, 1.165) is 28.0 Å². The maximum absolute atomic E-state index is 4.40. The quantitative estimate of drug-likeness (QED) is 0.717. The first-order valence-electron chi connectivity index (χ1n) is 7.48. The van der Waals surface area contributed by atoms with Gasteiger partial charge in [0.1, 0.15) is 16.7 Å². The molecule has 2 aromatic heterocycles. The summed E-state index contributed by atoms with van der Waals surface area (Å²) in [7, 11) is 1.89. The van der Waals surface area contributed by atoms with E-state index >= 15 is 0 Å². The van der Waals surface area contributed by atoms with Crippen LogP contribution in [0.15, 0.2) is 46.2 Å². The van der Waals surface area contributed by atoms with Crippen molar-refractivity contribution in [3.63, 3.8) is 0 Å². The minimum atomic E-state index is 0.271. The molecule has 1 aliphatic carbocycles. The molecule has 0 atom stereocenters. The van der Waals surface area contributed by atoms with Gasteiger partial charge in [0.2, 0.25) is 0 Å². The Bertz CT molecular complexity index is 844. The van der Waals surface area contributed by atoms with Gasteiger partial charge in [0.15, 0.2) is 5.65 Å². The van der Waals surface area contributed by atoms with Crippen LogP contribution in [-0.2, 0) is 7.05 Å². The monoisotopic (exact) mass is 389 g/mol. The zero-order chi connectivity index (χ0) is 15.9. The first-order valence-corrected chi connectivity index (χ1v) is 9.09. The van der Waals surface area contributed by atoms with Crippen LogP contribution in [0.25, 0.3) is 11.0 Å². The molecule has 7 heteroatoms. The van der Waals surface area contributed by atoms with Gasteiger partial charge in [0.05, 0.1) is 5.39 Å². The van der Waals surface area contributed by atoms with E-state index in [0.29, 0.717) is 0 Å². The van der Waals surface area contributed by atoms with Gasteiger partial charge >= 0.3 is 0 Å². The number of halogens is 1. The van der Waals surface area contributed by atoms with Crippen molar-refractivity contribution in [1.82, 2.24) is 19.7 Å². The highest BCUT2D eigenvalue weighted by Crippen LogP contribution is 2.51. The van der Waals surface area contributed by atoms with Crippen molar-refractivity contribution < 1.29 is 0 Å². The average Bonchev–Trinajstić information content (AvgIpc) is 3.26. The Morgan fingerprint density at radius 3 is 2.78 bits per heavy atom. The van der Waals surface area contributed by atoms with Gasteiger partial charge in [-0.15, -0.1) is 11.8 Å². The summed E-state index contributed by atoms with van der Waals surface area (Å²) in [5.74, 6) is 0.843. The Morgan fingerprint density at radius 2 is 2.04 bits per heavy atom. The van der Waals surface area contributed by atoms with E-state index in [9.17, 15) is 0 Å². The molecule has 5 nitrogen and oxygen atoms in total. The minimum absolute atomic E-state index is 0.271. The van der Waals surface area contributed by atoms with Crippen LogP contribution in [0, 0.1) is 0 Å². The highest BCUT2D eigenvalue weighted by atomic mass is 79.9. The number of thioether (sulfide) groups is 1. The highest BCUT2D eigenvalue weighted by molar-refractivity contribution is 9.10.